The van der Waals surface area contributed by atoms with Gasteiger partial charge in [0, 0.05) is 26.7 Å². The smallest absolute Gasteiger partial charge is 0.236 e. The van der Waals surface area contributed by atoms with Gasteiger partial charge in [-0.1, -0.05) is 24.3 Å². The van der Waals surface area contributed by atoms with Gasteiger partial charge in [0.25, 0.3) is 0 Å². The topological polar surface area (TPSA) is 85.4 Å². The largest absolute Gasteiger partial charge is 0.382 e. The molecule has 1 fully saturated rings. The fourth-order valence-electron chi connectivity index (χ4n) is 3.08. The van der Waals surface area contributed by atoms with Crippen LogP contribution in [0.2, 0.25) is 0 Å². The first-order valence-corrected chi connectivity index (χ1v) is 8.07. The number of amides is 1. The first kappa shape index (κ1) is 16.6. The molecule has 0 spiro atoms. The van der Waals surface area contributed by atoms with Gasteiger partial charge in [-0.3, -0.25) is 9.69 Å². The molecule has 1 aliphatic rings. The molecule has 0 bridgehead atoms. The quantitative estimate of drug-likeness (QED) is 0.842. The molecule has 0 radical (unpaired) electrons. The van der Waals surface area contributed by atoms with Gasteiger partial charge in [0.05, 0.1) is 12.7 Å². The molecule has 1 aliphatic heterocycles. The third-order valence-corrected chi connectivity index (χ3v) is 4.67. The van der Waals surface area contributed by atoms with Crippen molar-refractivity contribution in [2.75, 3.05) is 26.7 Å². The first-order valence-electron chi connectivity index (χ1n) is 8.07. The normalized spacial score (nSPS) is 21.1. The van der Waals surface area contributed by atoms with Gasteiger partial charge in [0.1, 0.15) is 11.3 Å². The summed E-state index contributed by atoms with van der Waals surface area (Å²) in [4.78, 5) is 16.2. The number of aliphatic hydroxyl groups is 1. The van der Waals surface area contributed by atoms with E-state index in [0.29, 0.717) is 38.3 Å². The standard InChI is InChI=1S/C17H23N5O2/c1-13-5-3-4-6-14(13)10-21(2)16(23)11-22-8-7-17(24,12-22)15-9-18-20-19-15/h3-6,9,24H,7-8,10-12H2,1-2H3,(H,18,19,20)/t17-/m0/s1. The molecule has 1 amide bonds. The highest BCUT2D eigenvalue weighted by atomic mass is 16.3. The van der Waals surface area contributed by atoms with Crippen molar-refractivity contribution in [3.63, 3.8) is 0 Å². The molecule has 1 aromatic carbocycles. The Kier molecular flexibility index (Phi) is 4.64. The zero-order valence-corrected chi connectivity index (χ0v) is 14.1. The van der Waals surface area contributed by atoms with E-state index in [1.165, 1.54) is 11.8 Å². The molecular weight excluding hydrogens is 306 g/mol. The molecule has 128 valence electrons. The van der Waals surface area contributed by atoms with E-state index in [-0.39, 0.29) is 5.91 Å². The van der Waals surface area contributed by atoms with Crippen molar-refractivity contribution in [1.82, 2.24) is 25.2 Å². The number of benzene rings is 1. The van der Waals surface area contributed by atoms with E-state index < -0.39 is 5.60 Å². The Morgan fingerprint density at radius 2 is 2.25 bits per heavy atom. The van der Waals surface area contributed by atoms with Crippen molar-refractivity contribution in [3.05, 3.63) is 47.3 Å². The predicted octanol–water partition coefficient (Wildman–Crippen LogP) is 0.665. The number of β-amino-alcohol motifs (C(OH)–C–C–N with tert-alkyl or cyclic N) is 1. The highest BCUT2D eigenvalue weighted by Gasteiger charge is 2.40. The molecule has 1 saturated heterocycles. The second-order valence-electron chi connectivity index (χ2n) is 6.52. The van der Waals surface area contributed by atoms with Gasteiger partial charge in [-0.05, 0) is 24.5 Å². The minimum atomic E-state index is -1.03. The van der Waals surface area contributed by atoms with Gasteiger partial charge in [-0.15, -0.1) is 0 Å². The van der Waals surface area contributed by atoms with Crippen LogP contribution in [0.1, 0.15) is 23.2 Å². The number of nitrogens with one attached hydrogen (secondary N) is 1. The lowest BCUT2D eigenvalue weighted by atomic mass is 10.0. The summed E-state index contributed by atoms with van der Waals surface area (Å²) in [5.41, 5.74) is 1.83. The predicted molar refractivity (Wildman–Crippen MR) is 89.0 cm³/mol. The number of carbonyl (C=O) groups excluding carboxylic acids is 1. The van der Waals surface area contributed by atoms with Crippen molar-refractivity contribution in [1.29, 1.82) is 0 Å². The SMILES string of the molecule is Cc1ccccc1CN(C)C(=O)CN1CC[C@@](O)(c2cn[nH]n2)C1. The fraction of sp³-hybridized carbons (Fsp3) is 0.471. The molecule has 0 saturated carbocycles. The van der Waals surface area contributed by atoms with Gasteiger partial charge in [-0.2, -0.15) is 15.4 Å². The van der Waals surface area contributed by atoms with Gasteiger partial charge in [0.2, 0.25) is 5.91 Å². The van der Waals surface area contributed by atoms with Crippen LogP contribution in [0.15, 0.2) is 30.5 Å². The zero-order valence-electron chi connectivity index (χ0n) is 14.1. The summed E-state index contributed by atoms with van der Waals surface area (Å²) in [6.07, 6.45) is 2.09. The number of carbonyl (C=O) groups is 1. The lowest BCUT2D eigenvalue weighted by molar-refractivity contribution is -0.131. The molecule has 7 heteroatoms. The summed E-state index contributed by atoms with van der Waals surface area (Å²) in [5.74, 6) is 0.0441. The molecule has 1 atom stereocenters. The highest BCUT2D eigenvalue weighted by Crippen LogP contribution is 2.29. The van der Waals surface area contributed by atoms with E-state index in [9.17, 15) is 9.90 Å². The minimum Gasteiger partial charge on any atom is -0.382 e. The Hall–Kier alpha value is -2.25. The van der Waals surface area contributed by atoms with Crippen molar-refractivity contribution >= 4 is 5.91 Å². The maximum atomic E-state index is 12.5. The van der Waals surface area contributed by atoms with Crippen LogP contribution in [0, 0.1) is 6.92 Å². The Morgan fingerprint density at radius 3 is 2.96 bits per heavy atom. The van der Waals surface area contributed by atoms with Gasteiger partial charge in [0.15, 0.2) is 0 Å². The van der Waals surface area contributed by atoms with Crippen LogP contribution in [0.25, 0.3) is 0 Å². The number of rotatable bonds is 5. The lowest BCUT2D eigenvalue weighted by Gasteiger charge is -2.24. The molecule has 2 aromatic rings. The van der Waals surface area contributed by atoms with Gasteiger partial charge >= 0.3 is 0 Å². The van der Waals surface area contributed by atoms with E-state index in [0.717, 1.165) is 5.56 Å². The third-order valence-electron chi connectivity index (χ3n) is 4.67. The average molecular weight is 329 g/mol. The number of likely N-dealkylation sites (N-methyl/N-ethyl adjacent to an activating group) is 1. The van der Waals surface area contributed by atoms with Crippen molar-refractivity contribution in [2.45, 2.75) is 25.5 Å². The van der Waals surface area contributed by atoms with Crippen LogP contribution in [0.5, 0.6) is 0 Å². The van der Waals surface area contributed by atoms with Crippen molar-refractivity contribution in [2.24, 2.45) is 0 Å². The van der Waals surface area contributed by atoms with Crippen LogP contribution in [-0.4, -0.2) is 62.9 Å². The highest BCUT2D eigenvalue weighted by molar-refractivity contribution is 5.78. The fourth-order valence-corrected chi connectivity index (χ4v) is 3.08. The van der Waals surface area contributed by atoms with Crippen molar-refractivity contribution in [3.8, 4) is 0 Å². The molecule has 7 nitrogen and oxygen atoms in total. The molecular formula is C17H23N5O2. The number of aromatic nitrogens is 3. The molecule has 0 unspecified atom stereocenters. The summed E-state index contributed by atoms with van der Waals surface area (Å²) in [7, 11) is 1.81. The van der Waals surface area contributed by atoms with E-state index in [2.05, 4.69) is 15.4 Å². The monoisotopic (exact) mass is 329 g/mol. The maximum Gasteiger partial charge on any atom is 0.236 e. The van der Waals surface area contributed by atoms with Crippen LogP contribution >= 0.6 is 0 Å². The lowest BCUT2D eigenvalue weighted by Crippen LogP contribution is -2.39. The van der Waals surface area contributed by atoms with Crippen LogP contribution in [-0.2, 0) is 16.9 Å². The van der Waals surface area contributed by atoms with Crippen molar-refractivity contribution < 1.29 is 9.90 Å². The van der Waals surface area contributed by atoms with Crippen LogP contribution in [0.3, 0.4) is 0 Å². The second kappa shape index (κ2) is 6.70. The number of likely N-dealkylation sites (tertiary alicyclic amines) is 1. The van der Waals surface area contributed by atoms with E-state index in [1.807, 2.05) is 43.1 Å². The second-order valence-corrected chi connectivity index (χ2v) is 6.52. The summed E-state index contributed by atoms with van der Waals surface area (Å²) in [5, 5.41) is 20.9. The number of aryl methyl sites for hydroxylation is 1. The summed E-state index contributed by atoms with van der Waals surface area (Å²) < 4.78 is 0. The number of hydrogen-bond donors (Lipinski definition) is 2. The Labute approximate surface area is 141 Å². The van der Waals surface area contributed by atoms with E-state index in [1.54, 1.807) is 4.90 Å². The average Bonchev–Trinajstić information content (AvgIpc) is 3.20. The van der Waals surface area contributed by atoms with E-state index in [4.69, 9.17) is 0 Å². The minimum absolute atomic E-state index is 0.0441. The zero-order chi connectivity index (χ0) is 17.2. The van der Waals surface area contributed by atoms with Crippen LogP contribution < -0.4 is 0 Å². The molecule has 1 aromatic heterocycles. The summed E-state index contributed by atoms with van der Waals surface area (Å²) in [6, 6.07) is 8.07. The molecule has 2 heterocycles. The summed E-state index contributed by atoms with van der Waals surface area (Å²) >= 11 is 0. The Morgan fingerprint density at radius 1 is 1.46 bits per heavy atom. The van der Waals surface area contributed by atoms with Gasteiger partial charge < -0.3 is 10.0 Å². The Balaban J connectivity index is 1.57. The number of nitrogens with zero attached hydrogens (tertiary/aromatic N) is 4. The van der Waals surface area contributed by atoms with E-state index >= 15 is 0 Å². The first-order chi connectivity index (χ1) is 11.5. The number of hydrogen-bond acceptors (Lipinski definition) is 5. The summed E-state index contributed by atoms with van der Waals surface area (Å²) in [6.45, 7) is 3.98. The molecule has 0 aliphatic carbocycles. The third kappa shape index (κ3) is 3.47. The Bertz CT molecular complexity index is 703. The number of aromatic amines is 1. The maximum absolute atomic E-state index is 12.5. The number of H-pyrrole nitrogens is 1. The molecule has 2 N–H and O–H groups in total. The van der Waals surface area contributed by atoms with Crippen LogP contribution in [0.4, 0.5) is 0 Å². The molecule has 24 heavy (non-hydrogen) atoms. The molecule has 3 rings (SSSR count). The van der Waals surface area contributed by atoms with Gasteiger partial charge in [-0.25, -0.2) is 0 Å².